The fraction of sp³-hybridized carbons (Fsp3) is 0.278. The van der Waals surface area contributed by atoms with E-state index in [0.29, 0.717) is 23.6 Å². The van der Waals surface area contributed by atoms with Gasteiger partial charge >= 0.3 is 5.97 Å². The predicted molar refractivity (Wildman–Crippen MR) is 93.3 cm³/mol. The van der Waals surface area contributed by atoms with E-state index in [4.69, 9.17) is 4.74 Å². The Balaban J connectivity index is 2.02. The molecule has 7 heteroatoms. The van der Waals surface area contributed by atoms with Crippen LogP contribution < -0.4 is 9.04 Å². The molecule has 2 aromatic rings. The Bertz CT molecular complexity index is 877. The summed E-state index contributed by atoms with van der Waals surface area (Å²) in [6, 6.07) is 12.4. The first-order valence-corrected chi connectivity index (χ1v) is 9.47. The van der Waals surface area contributed by atoms with Gasteiger partial charge in [-0.2, -0.15) is 0 Å². The van der Waals surface area contributed by atoms with Gasteiger partial charge in [0, 0.05) is 0 Å². The zero-order valence-corrected chi connectivity index (χ0v) is 14.6. The maximum absolute atomic E-state index is 12.9. The maximum Gasteiger partial charge on any atom is 0.305 e. The molecular weight excluding hydrogens is 342 g/mol. The summed E-state index contributed by atoms with van der Waals surface area (Å²) in [5.41, 5.74) is 0.933. The number of nitrogens with zero attached hydrogens (tertiary/aromatic N) is 1. The molecule has 0 saturated heterocycles. The molecule has 6 nitrogen and oxygen atoms in total. The fourth-order valence-electron chi connectivity index (χ4n) is 2.98. The number of carboxylic acids is 1. The first-order chi connectivity index (χ1) is 11.9. The second-order valence-corrected chi connectivity index (χ2v) is 7.58. The van der Waals surface area contributed by atoms with Crippen LogP contribution in [0.5, 0.6) is 5.75 Å². The molecule has 0 spiro atoms. The van der Waals surface area contributed by atoms with Crippen LogP contribution in [0.25, 0.3) is 0 Å². The average Bonchev–Trinajstić information content (AvgIpc) is 2.81. The molecule has 2 aromatic carbocycles. The summed E-state index contributed by atoms with van der Waals surface area (Å²) >= 11 is 0. The third kappa shape index (κ3) is 3.19. The predicted octanol–water partition coefficient (Wildman–Crippen LogP) is 3.20. The summed E-state index contributed by atoms with van der Waals surface area (Å²) in [5.74, 6) is -0.403. The van der Waals surface area contributed by atoms with Gasteiger partial charge in [-0.05, 0) is 42.3 Å². The van der Waals surface area contributed by atoms with Crippen molar-refractivity contribution in [3.8, 4) is 5.75 Å². The highest BCUT2D eigenvalue weighted by Crippen LogP contribution is 2.44. The molecule has 3 rings (SSSR count). The summed E-state index contributed by atoms with van der Waals surface area (Å²) in [6.07, 6.45) is 0.572. The van der Waals surface area contributed by atoms with Crippen LogP contribution in [0.3, 0.4) is 0 Å². The quantitative estimate of drug-likeness (QED) is 0.854. The first-order valence-electron chi connectivity index (χ1n) is 8.03. The van der Waals surface area contributed by atoms with E-state index in [2.05, 4.69) is 0 Å². The topological polar surface area (TPSA) is 83.9 Å². The average molecular weight is 361 g/mol. The minimum atomic E-state index is -3.79. The Morgan fingerprint density at radius 2 is 1.84 bits per heavy atom. The van der Waals surface area contributed by atoms with Gasteiger partial charge in [0.2, 0.25) is 0 Å². The van der Waals surface area contributed by atoms with Crippen molar-refractivity contribution in [2.24, 2.45) is 0 Å². The van der Waals surface area contributed by atoms with E-state index < -0.39 is 22.0 Å². The molecule has 0 aliphatic carbocycles. The van der Waals surface area contributed by atoms with Gasteiger partial charge in [-0.25, -0.2) is 8.42 Å². The number of hydrogen-bond donors (Lipinski definition) is 1. The third-order valence-corrected chi connectivity index (χ3v) is 5.94. The van der Waals surface area contributed by atoms with Gasteiger partial charge in [0.1, 0.15) is 5.75 Å². The van der Waals surface area contributed by atoms with Gasteiger partial charge in [-0.15, -0.1) is 0 Å². The fourth-order valence-corrected chi connectivity index (χ4v) is 4.86. The van der Waals surface area contributed by atoms with Gasteiger partial charge in [0.15, 0.2) is 0 Å². The second-order valence-electron chi connectivity index (χ2n) is 5.79. The van der Waals surface area contributed by atoms with Crippen LogP contribution >= 0.6 is 0 Å². The van der Waals surface area contributed by atoms with Gasteiger partial charge in [-0.1, -0.05) is 25.1 Å². The Morgan fingerprint density at radius 1 is 1.16 bits per heavy atom. The molecule has 0 radical (unpaired) electrons. The van der Waals surface area contributed by atoms with Crippen molar-refractivity contribution < 1.29 is 23.1 Å². The van der Waals surface area contributed by atoms with E-state index in [0.717, 1.165) is 6.42 Å². The highest BCUT2D eigenvalue weighted by Gasteiger charge is 2.43. The number of fused-ring (bicyclic) bond motifs is 1. The highest BCUT2D eigenvalue weighted by atomic mass is 32.2. The third-order valence-electron chi connectivity index (χ3n) is 4.03. The van der Waals surface area contributed by atoms with E-state index >= 15 is 0 Å². The SMILES string of the molecule is CCCOc1ccc(N2C(CC(=O)O)c3ccccc3S2(=O)=O)cc1. The second kappa shape index (κ2) is 6.76. The van der Waals surface area contributed by atoms with E-state index in [9.17, 15) is 18.3 Å². The number of ether oxygens (including phenoxy) is 1. The van der Waals surface area contributed by atoms with E-state index in [1.54, 1.807) is 42.5 Å². The molecule has 0 amide bonds. The van der Waals surface area contributed by atoms with E-state index in [1.165, 1.54) is 10.4 Å². The van der Waals surface area contributed by atoms with Crippen LogP contribution in [-0.2, 0) is 14.8 Å². The Morgan fingerprint density at radius 3 is 2.48 bits per heavy atom. The molecular formula is C18H19NO5S. The molecule has 0 bridgehead atoms. The largest absolute Gasteiger partial charge is 0.494 e. The van der Waals surface area contributed by atoms with E-state index in [1.807, 2.05) is 6.92 Å². The smallest absolute Gasteiger partial charge is 0.305 e. The van der Waals surface area contributed by atoms with Crippen LogP contribution in [0.1, 0.15) is 31.4 Å². The highest BCUT2D eigenvalue weighted by molar-refractivity contribution is 7.93. The molecule has 0 fully saturated rings. The van der Waals surface area contributed by atoms with E-state index in [-0.39, 0.29) is 11.3 Å². The Hall–Kier alpha value is -2.54. The molecule has 132 valence electrons. The molecule has 1 N–H and O–H groups in total. The lowest BCUT2D eigenvalue weighted by Crippen LogP contribution is -2.29. The van der Waals surface area contributed by atoms with Crippen LogP contribution in [0.4, 0.5) is 5.69 Å². The van der Waals surface area contributed by atoms with Gasteiger partial charge < -0.3 is 9.84 Å². The number of hydrogen-bond acceptors (Lipinski definition) is 4. The lowest BCUT2D eigenvalue weighted by molar-refractivity contribution is -0.137. The number of benzene rings is 2. The van der Waals surface area contributed by atoms with Gasteiger partial charge in [0.05, 0.1) is 29.7 Å². The van der Waals surface area contributed by atoms with Crippen molar-refractivity contribution in [1.82, 2.24) is 0 Å². The Labute approximate surface area is 146 Å². The molecule has 1 heterocycles. The zero-order valence-electron chi connectivity index (χ0n) is 13.8. The summed E-state index contributed by atoms with van der Waals surface area (Å²) in [7, 11) is -3.79. The number of aliphatic carboxylic acids is 1. The van der Waals surface area contributed by atoms with Gasteiger partial charge in [0.25, 0.3) is 10.0 Å². The molecule has 25 heavy (non-hydrogen) atoms. The standard InChI is InChI=1S/C18H19NO5S/c1-2-11-24-14-9-7-13(8-10-14)19-16(12-18(20)21)15-5-3-4-6-17(15)25(19,22)23/h3-10,16H,2,11-12H2,1H3,(H,20,21). The molecule has 0 saturated carbocycles. The summed E-state index contributed by atoms with van der Waals surface area (Å²) in [4.78, 5) is 11.4. The lowest BCUT2D eigenvalue weighted by atomic mass is 10.0. The lowest BCUT2D eigenvalue weighted by Gasteiger charge is -2.24. The molecule has 1 unspecified atom stereocenters. The number of carboxylic acid groups (broad SMARTS) is 1. The van der Waals surface area contributed by atoms with Crippen molar-refractivity contribution in [2.75, 3.05) is 10.9 Å². The van der Waals surface area contributed by atoms with Crippen molar-refractivity contribution in [3.63, 3.8) is 0 Å². The molecule has 0 aromatic heterocycles. The van der Waals surface area contributed by atoms with Crippen molar-refractivity contribution in [3.05, 3.63) is 54.1 Å². The summed E-state index contributed by atoms with van der Waals surface area (Å²) < 4.78 is 32.6. The van der Waals surface area contributed by atoms with Crippen molar-refractivity contribution in [2.45, 2.75) is 30.7 Å². The van der Waals surface area contributed by atoms with Crippen LogP contribution in [0, 0.1) is 0 Å². The van der Waals surface area contributed by atoms with Crippen molar-refractivity contribution in [1.29, 1.82) is 0 Å². The monoisotopic (exact) mass is 361 g/mol. The molecule has 1 atom stereocenters. The number of carbonyl (C=O) groups is 1. The number of rotatable bonds is 6. The van der Waals surface area contributed by atoms with Crippen LogP contribution in [-0.4, -0.2) is 26.1 Å². The molecule has 1 aliphatic heterocycles. The normalized spacial score (nSPS) is 18.0. The maximum atomic E-state index is 12.9. The zero-order chi connectivity index (χ0) is 18.0. The Kier molecular flexibility index (Phi) is 4.67. The van der Waals surface area contributed by atoms with Crippen molar-refractivity contribution >= 4 is 21.7 Å². The minimum Gasteiger partial charge on any atom is -0.494 e. The minimum absolute atomic E-state index is 0.160. The van der Waals surface area contributed by atoms with Gasteiger partial charge in [-0.3, -0.25) is 9.10 Å². The molecule has 1 aliphatic rings. The van der Waals surface area contributed by atoms with Crippen LogP contribution in [0.2, 0.25) is 0 Å². The summed E-state index contributed by atoms with van der Waals surface area (Å²) in [6.45, 7) is 2.58. The number of anilines is 1. The first kappa shape index (κ1) is 17.3. The summed E-state index contributed by atoms with van der Waals surface area (Å²) in [5, 5.41) is 9.23. The van der Waals surface area contributed by atoms with Crippen LogP contribution in [0.15, 0.2) is 53.4 Å². The number of sulfonamides is 1.